The number of ether oxygens (including phenoxy) is 1. The van der Waals surface area contributed by atoms with Gasteiger partial charge in [-0.3, -0.25) is 0 Å². The molecule has 18 heavy (non-hydrogen) atoms. The molecule has 0 aliphatic rings. The zero-order valence-electron chi connectivity index (χ0n) is 12.3. The molecule has 1 unspecified atom stereocenters. The first-order valence-electron chi connectivity index (χ1n) is 6.72. The normalized spacial score (nSPS) is 13.4. The molecule has 0 fully saturated rings. The Kier molecular flexibility index (Phi) is 5.21. The van der Waals surface area contributed by atoms with Crippen LogP contribution in [0.1, 0.15) is 51.7 Å². The molecule has 102 valence electrons. The predicted octanol–water partition coefficient (Wildman–Crippen LogP) is 3.83. The molecule has 1 aromatic rings. The van der Waals surface area contributed by atoms with Gasteiger partial charge in [-0.25, -0.2) is 0 Å². The van der Waals surface area contributed by atoms with Gasteiger partial charge >= 0.3 is 0 Å². The van der Waals surface area contributed by atoms with Crippen LogP contribution in [0, 0.1) is 6.92 Å². The van der Waals surface area contributed by atoms with Gasteiger partial charge in [-0.05, 0) is 49.3 Å². The molecule has 0 aliphatic heterocycles. The summed E-state index contributed by atoms with van der Waals surface area (Å²) in [5, 5.41) is 9.17. The molecule has 0 aliphatic carbocycles. The summed E-state index contributed by atoms with van der Waals surface area (Å²) in [4.78, 5) is 0. The minimum Gasteiger partial charge on any atom is -0.493 e. The van der Waals surface area contributed by atoms with Crippen LogP contribution in [0.5, 0.6) is 5.75 Å². The van der Waals surface area contributed by atoms with Crippen LogP contribution in [-0.4, -0.2) is 17.8 Å². The molecule has 1 aromatic carbocycles. The predicted molar refractivity (Wildman–Crippen MR) is 76.3 cm³/mol. The Labute approximate surface area is 111 Å². The van der Waals surface area contributed by atoms with E-state index in [4.69, 9.17) is 4.74 Å². The SMILES string of the molecule is Cc1cc(C(C)(C)C)ccc1OCCCC(C)O. The number of aryl methyl sites for hydroxylation is 1. The van der Waals surface area contributed by atoms with E-state index in [1.54, 1.807) is 0 Å². The van der Waals surface area contributed by atoms with Crippen molar-refractivity contribution in [1.29, 1.82) is 0 Å². The van der Waals surface area contributed by atoms with Crippen molar-refractivity contribution in [2.75, 3.05) is 6.61 Å². The Hall–Kier alpha value is -1.02. The molecule has 2 heteroatoms. The lowest BCUT2D eigenvalue weighted by molar-refractivity contribution is 0.170. The first-order valence-corrected chi connectivity index (χ1v) is 6.72. The first kappa shape index (κ1) is 15.0. The monoisotopic (exact) mass is 250 g/mol. The molecule has 0 amide bonds. The van der Waals surface area contributed by atoms with Crippen LogP contribution in [0.25, 0.3) is 0 Å². The number of rotatable bonds is 5. The topological polar surface area (TPSA) is 29.5 Å². The Morgan fingerprint density at radius 3 is 2.44 bits per heavy atom. The van der Waals surface area contributed by atoms with Gasteiger partial charge in [-0.15, -0.1) is 0 Å². The quantitative estimate of drug-likeness (QED) is 0.805. The number of aliphatic hydroxyl groups excluding tert-OH is 1. The van der Waals surface area contributed by atoms with E-state index in [1.165, 1.54) is 11.1 Å². The summed E-state index contributed by atoms with van der Waals surface area (Å²) < 4.78 is 5.74. The van der Waals surface area contributed by atoms with Crippen LogP contribution >= 0.6 is 0 Å². The van der Waals surface area contributed by atoms with Crippen molar-refractivity contribution in [3.05, 3.63) is 29.3 Å². The molecule has 2 nitrogen and oxygen atoms in total. The average Bonchev–Trinajstić information content (AvgIpc) is 2.24. The Balaban J connectivity index is 2.58. The number of benzene rings is 1. The van der Waals surface area contributed by atoms with Gasteiger partial charge in [-0.1, -0.05) is 32.9 Å². The van der Waals surface area contributed by atoms with Crippen LogP contribution < -0.4 is 4.74 Å². The third-order valence-electron chi connectivity index (χ3n) is 3.06. The van der Waals surface area contributed by atoms with Gasteiger partial charge < -0.3 is 9.84 Å². The van der Waals surface area contributed by atoms with Crippen molar-refractivity contribution in [3.8, 4) is 5.75 Å². The number of hydrogen-bond acceptors (Lipinski definition) is 2. The zero-order valence-corrected chi connectivity index (χ0v) is 12.3. The molecule has 0 saturated heterocycles. The molecule has 1 N–H and O–H groups in total. The van der Waals surface area contributed by atoms with Crippen molar-refractivity contribution in [2.24, 2.45) is 0 Å². The Bertz CT molecular complexity index is 375. The fourth-order valence-electron chi connectivity index (χ4n) is 1.84. The first-order chi connectivity index (χ1) is 8.30. The maximum Gasteiger partial charge on any atom is 0.122 e. The van der Waals surface area contributed by atoms with Crippen molar-refractivity contribution >= 4 is 0 Å². The van der Waals surface area contributed by atoms with E-state index in [9.17, 15) is 5.11 Å². The molecular formula is C16H26O2. The minimum atomic E-state index is -0.238. The molecule has 1 atom stereocenters. The molecule has 0 spiro atoms. The van der Waals surface area contributed by atoms with E-state index < -0.39 is 0 Å². The summed E-state index contributed by atoms with van der Waals surface area (Å²) in [5.41, 5.74) is 2.69. The summed E-state index contributed by atoms with van der Waals surface area (Å²) in [6.45, 7) is 11.2. The molecule has 0 radical (unpaired) electrons. The minimum absolute atomic E-state index is 0.176. The molecular weight excluding hydrogens is 224 g/mol. The second-order valence-corrected chi connectivity index (χ2v) is 6.07. The van der Waals surface area contributed by atoms with Gasteiger partial charge in [0.05, 0.1) is 12.7 Å². The molecule has 0 aromatic heterocycles. The van der Waals surface area contributed by atoms with E-state index in [0.29, 0.717) is 6.61 Å². The summed E-state index contributed by atoms with van der Waals surface area (Å²) in [6, 6.07) is 6.39. The van der Waals surface area contributed by atoms with E-state index in [1.807, 2.05) is 6.92 Å². The molecule has 1 rings (SSSR count). The highest BCUT2D eigenvalue weighted by molar-refractivity contribution is 5.38. The van der Waals surface area contributed by atoms with Crippen molar-refractivity contribution in [1.82, 2.24) is 0 Å². The van der Waals surface area contributed by atoms with E-state index in [-0.39, 0.29) is 11.5 Å². The third-order valence-corrected chi connectivity index (χ3v) is 3.06. The molecule has 0 saturated carbocycles. The largest absolute Gasteiger partial charge is 0.493 e. The van der Waals surface area contributed by atoms with Crippen LogP contribution in [0.4, 0.5) is 0 Å². The second kappa shape index (κ2) is 6.24. The average molecular weight is 250 g/mol. The van der Waals surface area contributed by atoms with Crippen LogP contribution in [0.3, 0.4) is 0 Å². The van der Waals surface area contributed by atoms with Crippen LogP contribution in [-0.2, 0) is 5.41 Å². The van der Waals surface area contributed by atoms with Gasteiger partial charge in [0.25, 0.3) is 0 Å². The fourth-order valence-corrected chi connectivity index (χ4v) is 1.84. The Morgan fingerprint density at radius 1 is 1.28 bits per heavy atom. The van der Waals surface area contributed by atoms with E-state index in [2.05, 4.69) is 45.9 Å². The highest BCUT2D eigenvalue weighted by Crippen LogP contribution is 2.27. The molecule has 0 heterocycles. The fraction of sp³-hybridized carbons (Fsp3) is 0.625. The van der Waals surface area contributed by atoms with Crippen molar-refractivity contribution in [2.45, 2.75) is 59.0 Å². The zero-order chi connectivity index (χ0) is 13.8. The van der Waals surface area contributed by atoms with Gasteiger partial charge in [0.2, 0.25) is 0 Å². The summed E-state index contributed by atoms with van der Waals surface area (Å²) >= 11 is 0. The maximum atomic E-state index is 9.17. The smallest absolute Gasteiger partial charge is 0.122 e. The summed E-state index contributed by atoms with van der Waals surface area (Å²) in [7, 11) is 0. The third kappa shape index (κ3) is 4.69. The van der Waals surface area contributed by atoms with Crippen LogP contribution in [0.2, 0.25) is 0 Å². The van der Waals surface area contributed by atoms with Crippen LogP contribution in [0.15, 0.2) is 18.2 Å². The van der Waals surface area contributed by atoms with Gasteiger partial charge in [0.1, 0.15) is 5.75 Å². The highest BCUT2D eigenvalue weighted by Gasteiger charge is 2.14. The Morgan fingerprint density at radius 2 is 1.94 bits per heavy atom. The summed E-state index contributed by atoms with van der Waals surface area (Å²) in [5.74, 6) is 0.952. The summed E-state index contributed by atoms with van der Waals surface area (Å²) in [6.07, 6.45) is 1.44. The standard InChI is InChI=1S/C16H26O2/c1-12-11-14(16(3,4)5)8-9-15(12)18-10-6-7-13(2)17/h8-9,11,13,17H,6-7,10H2,1-5H3. The van der Waals surface area contributed by atoms with Crippen molar-refractivity contribution in [3.63, 3.8) is 0 Å². The van der Waals surface area contributed by atoms with E-state index in [0.717, 1.165) is 18.6 Å². The lowest BCUT2D eigenvalue weighted by Gasteiger charge is -2.20. The van der Waals surface area contributed by atoms with Gasteiger partial charge in [0.15, 0.2) is 0 Å². The lowest BCUT2D eigenvalue weighted by atomic mass is 9.86. The van der Waals surface area contributed by atoms with E-state index >= 15 is 0 Å². The van der Waals surface area contributed by atoms with Crippen molar-refractivity contribution < 1.29 is 9.84 Å². The molecule has 0 bridgehead atoms. The number of aliphatic hydroxyl groups is 1. The lowest BCUT2D eigenvalue weighted by Crippen LogP contribution is -2.11. The number of hydrogen-bond donors (Lipinski definition) is 1. The van der Waals surface area contributed by atoms with Gasteiger partial charge in [0, 0.05) is 0 Å². The van der Waals surface area contributed by atoms with Gasteiger partial charge in [-0.2, -0.15) is 0 Å². The second-order valence-electron chi connectivity index (χ2n) is 6.07. The highest BCUT2D eigenvalue weighted by atomic mass is 16.5. The maximum absolute atomic E-state index is 9.17.